The zero-order chi connectivity index (χ0) is 21.3. The van der Waals surface area contributed by atoms with Crippen LogP contribution in [0.1, 0.15) is 32.6 Å². The van der Waals surface area contributed by atoms with Gasteiger partial charge in [0, 0.05) is 71.5 Å². The van der Waals surface area contributed by atoms with Crippen LogP contribution in [-0.2, 0) is 4.79 Å². The van der Waals surface area contributed by atoms with E-state index in [2.05, 4.69) is 50.8 Å². The topological polar surface area (TPSA) is 57.7 Å². The Bertz CT molecular complexity index is 560. The Kier molecular flexibility index (Phi) is 11.8. The summed E-state index contributed by atoms with van der Waals surface area (Å²) in [4.78, 5) is 29.3. The zero-order valence-electron chi connectivity index (χ0n) is 19.9. The number of carbonyl (C=O) groups is 1. The van der Waals surface area contributed by atoms with Gasteiger partial charge in [-0.05, 0) is 33.9 Å². The minimum absolute atomic E-state index is 0. The normalized spacial score (nSPS) is 25.1. The fourth-order valence-electron chi connectivity index (χ4n) is 4.65. The summed E-state index contributed by atoms with van der Waals surface area (Å²) in [5.74, 6) is 1.34. The van der Waals surface area contributed by atoms with Gasteiger partial charge in [-0.2, -0.15) is 0 Å². The Labute approximate surface area is 206 Å². The first-order valence-electron chi connectivity index (χ1n) is 12.0. The second-order valence-electron chi connectivity index (χ2n) is 9.15. The summed E-state index contributed by atoms with van der Waals surface area (Å²) in [6.07, 6.45) is 4.85. The molecular formula is C22H44IN7O. The lowest BCUT2D eigenvalue weighted by Gasteiger charge is -2.38. The highest BCUT2D eigenvalue weighted by atomic mass is 127. The molecule has 9 heteroatoms. The predicted molar refractivity (Wildman–Crippen MR) is 138 cm³/mol. The third-order valence-corrected chi connectivity index (χ3v) is 6.76. The van der Waals surface area contributed by atoms with Crippen LogP contribution < -0.4 is 5.32 Å². The molecule has 3 heterocycles. The van der Waals surface area contributed by atoms with Crippen LogP contribution in [0, 0.1) is 0 Å². The van der Waals surface area contributed by atoms with E-state index in [-0.39, 0.29) is 24.0 Å². The van der Waals surface area contributed by atoms with E-state index in [9.17, 15) is 4.79 Å². The van der Waals surface area contributed by atoms with Gasteiger partial charge in [0.1, 0.15) is 0 Å². The number of hydrogen-bond acceptors (Lipinski definition) is 5. The number of hydrogen-bond donors (Lipinski definition) is 1. The van der Waals surface area contributed by atoms with Crippen LogP contribution in [0.5, 0.6) is 0 Å². The molecule has 0 aromatic carbocycles. The second kappa shape index (κ2) is 13.8. The number of halogens is 1. The Hall–Kier alpha value is -0.650. The van der Waals surface area contributed by atoms with E-state index in [1.807, 2.05) is 0 Å². The molecule has 0 aliphatic carbocycles. The summed E-state index contributed by atoms with van der Waals surface area (Å²) in [6.45, 7) is 13.3. The number of nitrogens with one attached hydrogen (secondary N) is 1. The first-order chi connectivity index (χ1) is 14.6. The lowest BCUT2D eigenvalue weighted by Crippen LogP contribution is -2.55. The molecule has 0 radical (unpaired) electrons. The van der Waals surface area contributed by atoms with Crippen LogP contribution in [-0.4, -0.2) is 135 Å². The van der Waals surface area contributed by atoms with Crippen molar-refractivity contribution in [3.8, 4) is 0 Å². The van der Waals surface area contributed by atoms with E-state index >= 15 is 0 Å². The highest BCUT2D eigenvalue weighted by molar-refractivity contribution is 14.0. The van der Waals surface area contributed by atoms with Gasteiger partial charge < -0.3 is 20.0 Å². The summed E-state index contributed by atoms with van der Waals surface area (Å²) in [5.41, 5.74) is 0. The minimum atomic E-state index is 0. The number of carbonyl (C=O) groups excluding carboxylic acids is 1. The molecule has 0 spiro atoms. The molecule has 3 aliphatic rings. The van der Waals surface area contributed by atoms with Crippen LogP contribution in [0.15, 0.2) is 4.99 Å². The second-order valence-corrected chi connectivity index (χ2v) is 9.15. The molecule has 3 rings (SSSR count). The predicted octanol–water partition coefficient (Wildman–Crippen LogP) is 0.836. The van der Waals surface area contributed by atoms with Crippen molar-refractivity contribution >= 4 is 35.8 Å². The van der Waals surface area contributed by atoms with Crippen LogP contribution in [0.3, 0.4) is 0 Å². The molecule has 1 unspecified atom stereocenters. The number of guanidine groups is 1. The average Bonchev–Trinajstić information content (AvgIpc) is 3.04. The molecule has 8 nitrogen and oxygen atoms in total. The monoisotopic (exact) mass is 549 g/mol. The molecular weight excluding hydrogens is 505 g/mol. The van der Waals surface area contributed by atoms with Crippen LogP contribution in [0.4, 0.5) is 0 Å². The van der Waals surface area contributed by atoms with Crippen molar-refractivity contribution in [2.24, 2.45) is 4.99 Å². The molecule has 1 atom stereocenters. The lowest BCUT2D eigenvalue weighted by atomic mass is 10.2. The maximum absolute atomic E-state index is 12.7. The van der Waals surface area contributed by atoms with Crippen LogP contribution in [0.2, 0.25) is 0 Å². The van der Waals surface area contributed by atoms with Crippen molar-refractivity contribution in [1.82, 2.24) is 29.8 Å². The smallest absolute Gasteiger partial charge is 0.236 e. The van der Waals surface area contributed by atoms with Crippen molar-refractivity contribution in [3.05, 3.63) is 0 Å². The Morgan fingerprint density at radius 3 is 2.23 bits per heavy atom. The lowest BCUT2D eigenvalue weighted by molar-refractivity contribution is -0.132. The summed E-state index contributed by atoms with van der Waals surface area (Å²) >= 11 is 0. The standard InChI is InChI=1S/C22H43N7O.HI/c1-4-23-22(24-17-20-18-25(2)11-12-26(20)3)29-15-13-27(14-16-29)19-21(30)28-9-7-5-6-8-10-28;/h20H,4-19H2,1-3H3,(H,23,24);1H. The fraction of sp³-hybridized carbons (Fsp3) is 0.909. The van der Waals surface area contributed by atoms with Crippen molar-refractivity contribution in [1.29, 1.82) is 0 Å². The molecule has 1 N–H and O–H groups in total. The highest BCUT2D eigenvalue weighted by Gasteiger charge is 2.25. The van der Waals surface area contributed by atoms with E-state index in [1.54, 1.807) is 0 Å². The molecule has 0 aromatic heterocycles. The molecule has 180 valence electrons. The van der Waals surface area contributed by atoms with E-state index in [0.29, 0.717) is 18.5 Å². The Balaban J connectivity index is 0.00000341. The number of rotatable bonds is 5. The number of likely N-dealkylation sites (tertiary alicyclic amines) is 1. The van der Waals surface area contributed by atoms with Crippen molar-refractivity contribution < 1.29 is 4.79 Å². The molecule has 31 heavy (non-hydrogen) atoms. The van der Waals surface area contributed by atoms with Gasteiger partial charge in [0.15, 0.2) is 5.96 Å². The van der Waals surface area contributed by atoms with Crippen LogP contribution in [0.25, 0.3) is 0 Å². The third kappa shape index (κ3) is 8.33. The van der Waals surface area contributed by atoms with Gasteiger partial charge in [-0.15, -0.1) is 24.0 Å². The molecule has 3 aliphatic heterocycles. The van der Waals surface area contributed by atoms with E-state index in [0.717, 1.165) is 90.8 Å². The first-order valence-corrected chi connectivity index (χ1v) is 12.0. The van der Waals surface area contributed by atoms with E-state index in [4.69, 9.17) is 4.99 Å². The van der Waals surface area contributed by atoms with Gasteiger partial charge >= 0.3 is 0 Å². The molecule has 1 amide bonds. The van der Waals surface area contributed by atoms with Crippen LogP contribution >= 0.6 is 24.0 Å². The number of nitrogens with zero attached hydrogens (tertiary/aromatic N) is 6. The molecule has 0 saturated carbocycles. The number of likely N-dealkylation sites (N-methyl/N-ethyl adjacent to an activating group) is 2. The average molecular weight is 550 g/mol. The van der Waals surface area contributed by atoms with Gasteiger partial charge in [-0.1, -0.05) is 12.8 Å². The summed E-state index contributed by atoms with van der Waals surface area (Å²) < 4.78 is 0. The van der Waals surface area contributed by atoms with Gasteiger partial charge in [0.05, 0.1) is 13.1 Å². The Morgan fingerprint density at radius 1 is 0.903 bits per heavy atom. The summed E-state index contributed by atoms with van der Waals surface area (Å²) in [5, 5.41) is 3.48. The van der Waals surface area contributed by atoms with Crippen molar-refractivity contribution in [3.63, 3.8) is 0 Å². The Morgan fingerprint density at radius 2 is 1.58 bits per heavy atom. The maximum atomic E-state index is 12.7. The van der Waals surface area contributed by atoms with E-state index < -0.39 is 0 Å². The molecule has 0 aromatic rings. The van der Waals surface area contributed by atoms with Gasteiger partial charge in [-0.25, -0.2) is 0 Å². The molecule has 0 bridgehead atoms. The summed E-state index contributed by atoms with van der Waals surface area (Å²) in [6, 6.07) is 0.477. The van der Waals surface area contributed by atoms with Gasteiger partial charge in [0.25, 0.3) is 0 Å². The highest BCUT2D eigenvalue weighted by Crippen LogP contribution is 2.11. The number of amides is 1. The first kappa shape index (κ1) is 26.6. The van der Waals surface area contributed by atoms with Crippen molar-refractivity contribution in [2.45, 2.75) is 38.6 Å². The fourth-order valence-corrected chi connectivity index (χ4v) is 4.65. The minimum Gasteiger partial charge on any atom is -0.357 e. The zero-order valence-corrected chi connectivity index (χ0v) is 22.2. The number of aliphatic imine (C=N–C) groups is 1. The van der Waals surface area contributed by atoms with Gasteiger partial charge in [-0.3, -0.25) is 19.6 Å². The quantitative estimate of drug-likeness (QED) is 0.312. The van der Waals surface area contributed by atoms with E-state index in [1.165, 1.54) is 12.8 Å². The SMILES string of the molecule is CCNC(=NCC1CN(C)CCN1C)N1CCN(CC(=O)N2CCCCCC2)CC1.I. The third-order valence-electron chi connectivity index (χ3n) is 6.76. The summed E-state index contributed by atoms with van der Waals surface area (Å²) in [7, 11) is 4.40. The van der Waals surface area contributed by atoms with Crippen molar-refractivity contribution in [2.75, 3.05) is 92.6 Å². The maximum Gasteiger partial charge on any atom is 0.236 e. The largest absolute Gasteiger partial charge is 0.357 e. The molecule has 3 saturated heterocycles. The molecule has 3 fully saturated rings. The number of piperazine rings is 2. The van der Waals surface area contributed by atoms with Gasteiger partial charge in [0.2, 0.25) is 5.91 Å².